The molecule has 0 aliphatic carbocycles. The highest BCUT2D eigenvalue weighted by Crippen LogP contribution is 2.33. The third kappa shape index (κ3) is 2.32. The molecular weight excluding hydrogens is 310 g/mol. The highest BCUT2D eigenvalue weighted by Gasteiger charge is 2.32. The average molecular weight is 329 g/mol. The molecule has 3 aromatic rings. The van der Waals surface area contributed by atoms with Crippen LogP contribution in [0.5, 0.6) is 0 Å². The van der Waals surface area contributed by atoms with Gasteiger partial charge < -0.3 is 9.32 Å². The second-order valence-corrected chi connectivity index (χ2v) is 8.18. The summed E-state index contributed by atoms with van der Waals surface area (Å²) in [6.07, 6.45) is 2.50. The van der Waals surface area contributed by atoms with Crippen LogP contribution in [-0.2, 0) is 10.8 Å². The van der Waals surface area contributed by atoms with Crippen molar-refractivity contribution in [2.45, 2.75) is 30.8 Å². The van der Waals surface area contributed by atoms with Crippen LogP contribution in [0.3, 0.4) is 0 Å². The number of anilines is 1. The van der Waals surface area contributed by atoms with E-state index in [1.165, 1.54) is 0 Å². The molecule has 120 valence electrons. The van der Waals surface area contributed by atoms with Gasteiger partial charge in [0.15, 0.2) is 11.4 Å². The molecule has 0 radical (unpaired) electrons. The highest BCUT2D eigenvalue weighted by molar-refractivity contribution is 7.86. The maximum atomic E-state index is 12.4. The summed E-state index contributed by atoms with van der Waals surface area (Å²) in [5, 5.41) is 1.31. The lowest BCUT2D eigenvalue weighted by Crippen LogP contribution is -2.48. The van der Waals surface area contributed by atoms with Crippen molar-refractivity contribution in [3.63, 3.8) is 0 Å². The summed E-state index contributed by atoms with van der Waals surface area (Å²) in [5.41, 5.74) is 2.39. The topological polar surface area (TPSA) is 59.2 Å². The lowest BCUT2D eigenvalue weighted by molar-refractivity contribution is 0.605. The van der Waals surface area contributed by atoms with Crippen LogP contribution in [-0.4, -0.2) is 37.8 Å². The maximum Gasteiger partial charge on any atom is 0.196 e. The largest absolute Gasteiger partial charge is 0.450 e. The van der Waals surface area contributed by atoms with E-state index in [1.807, 2.05) is 31.2 Å². The van der Waals surface area contributed by atoms with Gasteiger partial charge in [0.2, 0.25) is 0 Å². The van der Waals surface area contributed by atoms with Gasteiger partial charge in [-0.15, -0.1) is 0 Å². The van der Waals surface area contributed by atoms with Crippen LogP contribution in [0.2, 0.25) is 0 Å². The van der Waals surface area contributed by atoms with E-state index in [2.05, 4.69) is 21.8 Å². The molecule has 1 aromatic carbocycles. The first kappa shape index (κ1) is 14.6. The Morgan fingerprint density at radius 1 is 1.30 bits per heavy atom. The standard InChI is InChI=1S/C17H19N3O2S/c1-3-12-9-20(8-11(2)23(12)21)17-16-15(18-10-19-17)13-6-4-5-7-14(13)22-16/h4-7,10-12H,3,8-9H2,1-2H3. The highest BCUT2D eigenvalue weighted by atomic mass is 32.2. The van der Waals surface area contributed by atoms with Crippen LogP contribution in [0.4, 0.5) is 5.82 Å². The van der Waals surface area contributed by atoms with Crippen LogP contribution in [0.15, 0.2) is 35.0 Å². The van der Waals surface area contributed by atoms with Crippen molar-refractivity contribution >= 4 is 38.7 Å². The van der Waals surface area contributed by atoms with Gasteiger partial charge >= 0.3 is 0 Å². The Bertz CT molecular complexity index is 892. The molecule has 0 saturated carbocycles. The minimum absolute atomic E-state index is 0.128. The zero-order valence-electron chi connectivity index (χ0n) is 13.2. The van der Waals surface area contributed by atoms with Crippen molar-refractivity contribution in [1.29, 1.82) is 0 Å². The van der Waals surface area contributed by atoms with Gasteiger partial charge in [0.1, 0.15) is 17.4 Å². The van der Waals surface area contributed by atoms with Crippen LogP contribution >= 0.6 is 0 Å². The molecule has 5 nitrogen and oxygen atoms in total. The van der Waals surface area contributed by atoms with Crippen molar-refractivity contribution in [1.82, 2.24) is 9.97 Å². The van der Waals surface area contributed by atoms with Gasteiger partial charge in [-0.25, -0.2) is 9.97 Å². The molecule has 3 atom stereocenters. The summed E-state index contributed by atoms with van der Waals surface area (Å²) in [4.78, 5) is 11.1. The average Bonchev–Trinajstić information content (AvgIpc) is 2.96. The molecule has 0 N–H and O–H groups in total. The molecule has 0 bridgehead atoms. The molecule has 6 heteroatoms. The van der Waals surface area contributed by atoms with Crippen molar-refractivity contribution in [2.24, 2.45) is 0 Å². The molecule has 1 aliphatic heterocycles. The quantitative estimate of drug-likeness (QED) is 0.723. The molecule has 4 rings (SSSR count). The van der Waals surface area contributed by atoms with Crippen LogP contribution in [0.25, 0.3) is 22.1 Å². The van der Waals surface area contributed by atoms with E-state index in [9.17, 15) is 4.21 Å². The van der Waals surface area contributed by atoms with Gasteiger partial charge in [-0.3, -0.25) is 4.21 Å². The van der Waals surface area contributed by atoms with E-state index in [0.717, 1.165) is 47.4 Å². The number of rotatable bonds is 2. The number of fused-ring (bicyclic) bond motifs is 3. The van der Waals surface area contributed by atoms with Crippen LogP contribution < -0.4 is 4.90 Å². The zero-order valence-corrected chi connectivity index (χ0v) is 14.0. The number of para-hydroxylation sites is 1. The second-order valence-electron chi connectivity index (χ2n) is 6.05. The SMILES string of the molecule is CCC1CN(c2ncnc3c2oc2ccccc23)CC(C)S1=O. The van der Waals surface area contributed by atoms with E-state index in [1.54, 1.807) is 6.33 Å². The number of aromatic nitrogens is 2. The fraction of sp³-hybridized carbons (Fsp3) is 0.412. The molecule has 1 fully saturated rings. The van der Waals surface area contributed by atoms with Gasteiger partial charge in [0.25, 0.3) is 0 Å². The summed E-state index contributed by atoms with van der Waals surface area (Å²) < 4.78 is 18.4. The summed E-state index contributed by atoms with van der Waals surface area (Å²) >= 11 is 0. The molecule has 2 aromatic heterocycles. The van der Waals surface area contributed by atoms with E-state index in [4.69, 9.17) is 4.42 Å². The fourth-order valence-electron chi connectivity index (χ4n) is 3.31. The van der Waals surface area contributed by atoms with E-state index >= 15 is 0 Å². The Kier molecular flexibility index (Phi) is 3.56. The van der Waals surface area contributed by atoms with Gasteiger partial charge in [0.05, 0.1) is 5.25 Å². The number of benzene rings is 1. The minimum atomic E-state index is -0.781. The Labute approximate surface area is 137 Å². The Balaban J connectivity index is 1.84. The van der Waals surface area contributed by atoms with Crippen LogP contribution in [0, 0.1) is 0 Å². The summed E-state index contributed by atoms with van der Waals surface area (Å²) in [5.74, 6) is 0.813. The molecular formula is C17H19N3O2S. The zero-order chi connectivity index (χ0) is 16.0. The first-order valence-electron chi connectivity index (χ1n) is 7.95. The van der Waals surface area contributed by atoms with Crippen molar-refractivity contribution in [3.05, 3.63) is 30.6 Å². The summed E-state index contributed by atoms with van der Waals surface area (Å²) in [7, 11) is -0.781. The fourth-order valence-corrected chi connectivity index (χ4v) is 4.95. The monoisotopic (exact) mass is 329 g/mol. The number of hydrogen-bond donors (Lipinski definition) is 0. The maximum absolute atomic E-state index is 12.4. The Hall–Kier alpha value is -1.95. The molecule has 23 heavy (non-hydrogen) atoms. The van der Waals surface area contributed by atoms with Crippen molar-refractivity contribution in [2.75, 3.05) is 18.0 Å². The second kappa shape index (κ2) is 5.60. The van der Waals surface area contributed by atoms with Crippen molar-refractivity contribution < 1.29 is 8.63 Å². The first-order chi connectivity index (χ1) is 11.2. The normalized spacial score (nSPS) is 25.3. The number of nitrogens with zero attached hydrogens (tertiary/aromatic N) is 3. The van der Waals surface area contributed by atoms with Gasteiger partial charge in [-0.1, -0.05) is 19.1 Å². The van der Waals surface area contributed by atoms with Gasteiger partial charge in [-0.2, -0.15) is 0 Å². The third-order valence-corrected chi connectivity index (χ3v) is 6.60. The smallest absolute Gasteiger partial charge is 0.196 e. The predicted octanol–water partition coefficient (Wildman–Crippen LogP) is 3.11. The molecule has 0 amide bonds. The van der Waals surface area contributed by atoms with Crippen LogP contribution in [0.1, 0.15) is 20.3 Å². The summed E-state index contributed by atoms with van der Waals surface area (Å²) in [6, 6.07) is 7.90. The molecule has 3 unspecified atom stereocenters. The lowest BCUT2D eigenvalue weighted by Gasteiger charge is -2.36. The van der Waals surface area contributed by atoms with Gasteiger partial charge in [-0.05, 0) is 25.5 Å². The third-order valence-electron chi connectivity index (χ3n) is 4.52. The molecule has 1 saturated heterocycles. The molecule has 3 heterocycles. The van der Waals surface area contributed by atoms with E-state index in [0.29, 0.717) is 0 Å². The van der Waals surface area contributed by atoms with E-state index < -0.39 is 10.8 Å². The van der Waals surface area contributed by atoms with Gasteiger partial charge in [0, 0.05) is 34.5 Å². The number of furan rings is 1. The Morgan fingerprint density at radius 2 is 2.13 bits per heavy atom. The first-order valence-corrected chi connectivity index (χ1v) is 9.23. The molecule has 0 spiro atoms. The molecule has 1 aliphatic rings. The summed E-state index contributed by atoms with van der Waals surface area (Å²) in [6.45, 7) is 5.61. The minimum Gasteiger partial charge on any atom is -0.450 e. The number of hydrogen-bond acceptors (Lipinski definition) is 5. The van der Waals surface area contributed by atoms with E-state index in [-0.39, 0.29) is 10.5 Å². The Morgan fingerprint density at radius 3 is 2.96 bits per heavy atom. The lowest BCUT2D eigenvalue weighted by atomic mass is 10.2. The van der Waals surface area contributed by atoms with Crippen molar-refractivity contribution in [3.8, 4) is 0 Å². The predicted molar refractivity (Wildman–Crippen MR) is 93.2 cm³/mol.